The fourth-order valence-electron chi connectivity index (χ4n) is 1.05. The summed E-state index contributed by atoms with van der Waals surface area (Å²) in [6.07, 6.45) is 0. The fourth-order valence-corrected chi connectivity index (χ4v) is 2.16. The van der Waals surface area contributed by atoms with E-state index < -0.39 is 22.3 Å². The van der Waals surface area contributed by atoms with Crippen LogP contribution in [-0.2, 0) is 16.6 Å². The molecule has 98 valence electrons. The molecule has 2 heterocycles. The molecule has 10 heteroatoms. The Kier molecular flexibility index (Phi) is 3.68. The van der Waals surface area contributed by atoms with Crippen LogP contribution in [0.5, 0.6) is 0 Å². The lowest BCUT2D eigenvalue weighted by Gasteiger charge is -2.01. The second-order valence-corrected chi connectivity index (χ2v) is 5.80. The van der Waals surface area contributed by atoms with E-state index in [1.165, 1.54) is 11.3 Å². The first-order valence-corrected chi connectivity index (χ1v) is 7.05. The van der Waals surface area contributed by atoms with Crippen molar-refractivity contribution in [2.45, 2.75) is 12.3 Å². The molecule has 2 aromatic heterocycles. The van der Waals surface area contributed by atoms with Crippen molar-refractivity contribution in [1.82, 2.24) is 14.9 Å². The lowest BCUT2D eigenvalue weighted by Crippen LogP contribution is -2.29. The number of nitrogens with one attached hydrogen (secondary N) is 1. The van der Waals surface area contributed by atoms with Gasteiger partial charge in [0.2, 0.25) is 0 Å². The van der Waals surface area contributed by atoms with E-state index in [-0.39, 0.29) is 11.7 Å². The molecule has 1 N–H and O–H groups in total. The maximum absolute atomic E-state index is 12.0. The van der Waals surface area contributed by atoms with Crippen LogP contribution in [-0.4, -0.2) is 24.3 Å². The van der Waals surface area contributed by atoms with Crippen molar-refractivity contribution in [2.24, 2.45) is 0 Å². The lowest BCUT2D eigenvalue weighted by molar-refractivity contribution is 0.232. The number of alkyl halides is 2. The maximum Gasteiger partial charge on any atom is 0.350 e. The van der Waals surface area contributed by atoms with Gasteiger partial charge in [-0.1, -0.05) is 11.2 Å². The molecule has 0 aliphatic carbocycles. The zero-order valence-corrected chi connectivity index (χ0v) is 10.3. The van der Waals surface area contributed by atoms with Crippen molar-refractivity contribution in [2.75, 3.05) is 0 Å². The molecular weight excluding hydrogens is 288 g/mol. The molecular formula is C8H7F2N3O3S2. The predicted octanol–water partition coefficient (Wildman–Crippen LogP) is 1.44. The van der Waals surface area contributed by atoms with Crippen LogP contribution in [0.2, 0.25) is 0 Å². The first-order chi connectivity index (χ1) is 8.49. The molecule has 0 aliphatic heterocycles. The number of halogens is 2. The first-order valence-electron chi connectivity index (χ1n) is 4.62. The molecule has 0 fully saturated rings. The van der Waals surface area contributed by atoms with Gasteiger partial charge in [-0.2, -0.15) is 13.8 Å². The highest BCUT2D eigenvalue weighted by Crippen LogP contribution is 2.22. The van der Waals surface area contributed by atoms with E-state index in [4.69, 9.17) is 4.52 Å². The van der Waals surface area contributed by atoms with Crippen LogP contribution in [0.4, 0.5) is 8.78 Å². The van der Waals surface area contributed by atoms with Crippen molar-refractivity contribution >= 4 is 21.4 Å². The molecule has 0 bridgehead atoms. The summed E-state index contributed by atoms with van der Waals surface area (Å²) in [5, 5.41) is 5.29. The van der Waals surface area contributed by atoms with Crippen molar-refractivity contribution in [3.05, 3.63) is 23.3 Å². The number of hydrogen-bond acceptors (Lipinski definition) is 6. The summed E-state index contributed by atoms with van der Waals surface area (Å²) in [6.45, 7) is -0.443. The van der Waals surface area contributed by atoms with Crippen LogP contribution in [0, 0.1) is 0 Å². The third-order valence-electron chi connectivity index (χ3n) is 1.87. The van der Waals surface area contributed by atoms with Crippen molar-refractivity contribution in [3.63, 3.8) is 0 Å². The molecule has 0 amide bonds. The zero-order valence-electron chi connectivity index (χ0n) is 8.71. The second kappa shape index (κ2) is 5.08. The summed E-state index contributed by atoms with van der Waals surface area (Å²) in [7, 11) is -4.64. The highest BCUT2D eigenvalue weighted by atomic mass is 32.2. The summed E-state index contributed by atoms with van der Waals surface area (Å²) in [5.74, 6) is -3.28. The normalized spacial score (nSPS) is 12.2. The highest BCUT2D eigenvalue weighted by molar-refractivity contribution is 7.89. The molecule has 2 aromatic rings. The summed E-state index contributed by atoms with van der Waals surface area (Å²) in [5.41, 5.74) is 0. The van der Waals surface area contributed by atoms with E-state index in [0.717, 1.165) is 0 Å². The molecule has 18 heavy (non-hydrogen) atoms. The topological polar surface area (TPSA) is 85.1 Å². The molecule has 0 saturated carbocycles. The van der Waals surface area contributed by atoms with Gasteiger partial charge in [-0.25, -0.2) is 13.1 Å². The standard InChI is InChI=1S/C8H7F2N3O3S2/c9-8(10)18(14,15)11-4-6-12-7(16-13-6)5-2-1-3-17-5/h1-3,8,11H,4H2. The predicted molar refractivity (Wildman–Crippen MR) is 59.4 cm³/mol. The smallest absolute Gasteiger partial charge is 0.333 e. The van der Waals surface area contributed by atoms with Crippen LogP contribution < -0.4 is 4.72 Å². The Morgan fingerprint density at radius 1 is 1.50 bits per heavy atom. The van der Waals surface area contributed by atoms with Crippen molar-refractivity contribution < 1.29 is 21.7 Å². The van der Waals surface area contributed by atoms with E-state index in [9.17, 15) is 17.2 Å². The fraction of sp³-hybridized carbons (Fsp3) is 0.250. The third-order valence-corrected chi connectivity index (χ3v) is 3.74. The van der Waals surface area contributed by atoms with Gasteiger partial charge < -0.3 is 4.52 Å². The number of rotatable bonds is 5. The average molecular weight is 295 g/mol. The van der Waals surface area contributed by atoms with Crippen molar-refractivity contribution in [1.29, 1.82) is 0 Å². The second-order valence-electron chi connectivity index (χ2n) is 3.12. The van der Waals surface area contributed by atoms with Crippen LogP contribution in [0.3, 0.4) is 0 Å². The molecule has 0 aromatic carbocycles. The van der Waals surface area contributed by atoms with E-state index in [1.807, 2.05) is 0 Å². The quantitative estimate of drug-likeness (QED) is 0.902. The monoisotopic (exact) mass is 295 g/mol. The number of sulfonamides is 1. The van der Waals surface area contributed by atoms with Gasteiger partial charge in [0.15, 0.2) is 5.82 Å². The Bertz CT molecular complexity index is 609. The molecule has 2 rings (SSSR count). The van der Waals surface area contributed by atoms with Crippen molar-refractivity contribution in [3.8, 4) is 10.8 Å². The largest absolute Gasteiger partial charge is 0.350 e. The molecule has 0 atom stereocenters. The zero-order chi connectivity index (χ0) is 13.2. The Balaban J connectivity index is 2.04. The maximum atomic E-state index is 12.0. The summed E-state index contributed by atoms with van der Waals surface area (Å²) in [4.78, 5) is 4.59. The SMILES string of the molecule is O=S(=O)(NCc1noc(-c2cccs2)n1)C(F)F. The van der Waals surface area contributed by atoms with Gasteiger partial charge in [-0.3, -0.25) is 0 Å². The Hall–Kier alpha value is -1.39. The minimum absolute atomic E-state index is 0.0115. The Labute approximate surface area is 105 Å². The van der Waals surface area contributed by atoms with Gasteiger partial charge in [-0.15, -0.1) is 11.3 Å². The van der Waals surface area contributed by atoms with Gasteiger partial charge in [0, 0.05) is 0 Å². The van der Waals surface area contributed by atoms with Crippen LogP contribution in [0.25, 0.3) is 10.8 Å². The molecule has 6 nitrogen and oxygen atoms in total. The van der Waals surface area contributed by atoms with Crippen LogP contribution >= 0.6 is 11.3 Å². The van der Waals surface area contributed by atoms with E-state index in [2.05, 4.69) is 10.1 Å². The number of nitrogens with zero attached hydrogens (tertiary/aromatic N) is 2. The molecule has 0 radical (unpaired) electrons. The third kappa shape index (κ3) is 2.89. The van der Waals surface area contributed by atoms with Crippen LogP contribution in [0.1, 0.15) is 5.82 Å². The van der Waals surface area contributed by atoms with E-state index in [1.54, 1.807) is 22.2 Å². The molecule has 0 unspecified atom stereocenters. The lowest BCUT2D eigenvalue weighted by atomic mass is 10.5. The average Bonchev–Trinajstić information content (AvgIpc) is 2.97. The Morgan fingerprint density at radius 3 is 2.89 bits per heavy atom. The van der Waals surface area contributed by atoms with Gasteiger partial charge in [0.05, 0.1) is 11.4 Å². The summed E-state index contributed by atoms with van der Waals surface area (Å²) >= 11 is 1.36. The minimum atomic E-state index is -4.64. The molecule has 0 aliphatic rings. The number of thiophene rings is 1. The van der Waals surface area contributed by atoms with Gasteiger partial charge in [-0.05, 0) is 11.4 Å². The van der Waals surface area contributed by atoms with Gasteiger partial charge in [0.25, 0.3) is 15.9 Å². The van der Waals surface area contributed by atoms with Crippen LogP contribution in [0.15, 0.2) is 22.0 Å². The molecule has 0 spiro atoms. The minimum Gasteiger partial charge on any atom is -0.333 e. The Morgan fingerprint density at radius 2 is 2.28 bits per heavy atom. The highest BCUT2D eigenvalue weighted by Gasteiger charge is 2.24. The summed E-state index contributed by atoms with van der Waals surface area (Å²) < 4.78 is 52.2. The van der Waals surface area contributed by atoms with Gasteiger partial charge >= 0.3 is 5.76 Å². The molecule has 0 saturated heterocycles. The van der Waals surface area contributed by atoms with Gasteiger partial charge in [0.1, 0.15) is 0 Å². The van der Waals surface area contributed by atoms with E-state index >= 15 is 0 Å². The van der Waals surface area contributed by atoms with E-state index in [0.29, 0.717) is 4.88 Å². The first kappa shape index (κ1) is 13.1. The summed E-state index contributed by atoms with van der Waals surface area (Å²) in [6, 6.07) is 3.52. The number of aromatic nitrogens is 2. The number of hydrogen-bond donors (Lipinski definition) is 1.